The Bertz CT molecular complexity index is 440. The van der Waals surface area contributed by atoms with E-state index >= 15 is 0 Å². The monoisotopic (exact) mass is 277 g/mol. The third-order valence-electron chi connectivity index (χ3n) is 4.14. The summed E-state index contributed by atoms with van der Waals surface area (Å²) in [6, 6.07) is 6.65. The van der Waals surface area contributed by atoms with Gasteiger partial charge in [-0.2, -0.15) is 11.8 Å². The quantitative estimate of drug-likeness (QED) is 0.836. The standard InChI is InChI=1S/C16H23NOS/c1-16(7-2-10-19-16)12-17-8-5-13-3-4-15-14(11-13)6-9-18-15/h3-4,11,17H,2,5-10,12H2,1H3. The van der Waals surface area contributed by atoms with Crippen LogP contribution in [0.3, 0.4) is 0 Å². The highest BCUT2D eigenvalue weighted by molar-refractivity contribution is 8.00. The van der Waals surface area contributed by atoms with Gasteiger partial charge in [-0.3, -0.25) is 0 Å². The molecule has 0 aromatic heterocycles. The largest absolute Gasteiger partial charge is 0.493 e. The summed E-state index contributed by atoms with van der Waals surface area (Å²) in [7, 11) is 0. The Kier molecular flexibility index (Phi) is 4.04. The predicted molar refractivity (Wildman–Crippen MR) is 82.3 cm³/mol. The second-order valence-electron chi connectivity index (χ2n) is 5.87. The summed E-state index contributed by atoms with van der Waals surface area (Å²) in [6.45, 7) is 5.47. The van der Waals surface area contributed by atoms with Crippen LogP contribution in [-0.4, -0.2) is 30.2 Å². The van der Waals surface area contributed by atoms with Crippen molar-refractivity contribution >= 4 is 11.8 Å². The smallest absolute Gasteiger partial charge is 0.122 e. The van der Waals surface area contributed by atoms with Crippen molar-refractivity contribution in [2.75, 3.05) is 25.4 Å². The molecular formula is C16H23NOS. The number of hydrogen-bond donors (Lipinski definition) is 1. The molecule has 3 heteroatoms. The van der Waals surface area contributed by atoms with E-state index in [-0.39, 0.29) is 0 Å². The molecule has 1 aromatic rings. The average molecular weight is 277 g/mol. The highest BCUT2D eigenvalue weighted by atomic mass is 32.2. The number of rotatable bonds is 5. The van der Waals surface area contributed by atoms with Gasteiger partial charge in [0.1, 0.15) is 5.75 Å². The fourth-order valence-electron chi connectivity index (χ4n) is 2.96. The van der Waals surface area contributed by atoms with Crippen LogP contribution in [0.1, 0.15) is 30.9 Å². The van der Waals surface area contributed by atoms with E-state index in [4.69, 9.17) is 4.74 Å². The molecule has 0 radical (unpaired) electrons. The van der Waals surface area contributed by atoms with Crippen molar-refractivity contribution in [3.63, 3.8) is 0 Å². The fraction of sp³-hybridized carbons (Fsp3) is 0.625. The number of nitrogens with one attached hydrogen (secondary N) is 1. The van der Waals surface area contributed by atoms with Gasteiger partial charge in [-0.25, -0.2) is 0 Å². The Hall–Kier alpha value is -0.670. The predicted octanol–water partition coefficient (Wildman–Crippen LogP) is 3.04. The molecule has 0 saturated carbocycles. The lowest BCUT2D eigenvalue weighted by molar-refractivity contribution is 0.357. The third-order valence-corrected chi connectivity index (χ3v) is 5.68. The topological polar surface area (TPSA) is 21.3 Å². The van der Waals surface area contributed by atoms with Crippen molar-refractivity contribution in [1.29, 1.82) is 0 Å². The van der Waals surface area contributed by atoms with Crippen LogP contribution in [0, 0.1) is 0 Å². The molecule has 1 atom stereocenters. The summed E-state index contributed by atoms with van der Waals surface area (Å²) in [5.41, 5.74) is 2.82. The van der Waals surface area contributed by atoms with Gasteiger partial charge in [-0.1, -0.05) is 12.1 Å². The molecule has 0 amide bonds. The molecular weight excluding hydrogens is 254 g/mol. The van der Waals surface area contributed by atoms with Gasteiger partial charge >= 0.3 is 0 Å². The highest BCUT2D eigenvalue weighted by Crippen LogP contribution is 2.36. The lowest BCUT2D eigenvalue weighted by Crippen LogP contribution is -2.33. The zero-order chi connectivity index (χ0) is 13.1. The van der Waals surface area contributed by atoms with Gasteiger partial charge in [0.05, 0.1) is 6.61 Å². The van der Waals surface area contributed by atoms with Crippen LogP contribution in [0.5, 0.6) is 5.75 Å². The molecule has 1 saturated heterocycles. The molecule has 1 fully saturated rings. The molecule has 0 bridgehead atoms. The van der Waals surface area contributed by atoms with Crippen molar-refractivity contribution in [3.8, 4) is 5.75 Å². The molecule has 2 aliphatic rings. The van der Waals surface area contributed by atoms with E-state index in [1.54, 1.807) is 0 Å². The maximum absolute atomic E-state index is 5.54. The minimum atomic E-state index is 0.478. The van der Waals surface area contributed by atoms with Crippen molar-refractivity contribution in [3.05, 3.63) is 29.3 Å². The SMILES string of the molecule is CC1(CNCCc2ccc3c(c2)CCO3)CCCS1. The molecule has 2 heterocycles. The Morgan fingerprint density at radius 2 is 2.37 bits per heavy atom. The number of fused-ring (bicyclic) bond motifs is 1. The lowest BCUT2D eigenvalue weighted by Gasteiger charge is -2.23. The molecule has 0 spiro atoms. The van der Waals surface area contributed by atoms with Crippen LogP contribution in [0.4, 0.5) is 0 Å². The van der Waals surface area contributed by atoms with Gasteiger partial charge < -0.3 is 10.1 Å². The van der Waals surface area contributed by atoms with Crippen LogP contribution in [0.2, 0.25) is 0 Å². The third kappa shape index (κ3) is 3.26. The first-order valence-corrected chi connectivity index (χ1v) is 8.33. The number of hydrogen-bond acceptors (Lipinski definition) is 3. The number of ether oxygens (including phenoxy) is 1. The van der Waals surface area contributed by atoms with Crippen molar-refractivity contribution < 1.29 is 4.74 Å². The molecule has 0 aliphatic carbocycles. The van der Waals surface area contributed by atoms with Crippen molar-refractivity contribution in [2.45, 2.75) is 37.4 Å². The lowest BCUT2D eigenvalue weighted by atomic mass is 10.0. The maximum Gasteiger partial charge on any atom is 0.122 e. The minimum Gasteiger partial charge on any atom is -0.493 e. The fourth-order valence-corrected chi connectivity index (χ4v) is 4.23. The van der Waals surface area contributed by atoms with Gasteiger partial charge in [-0.15, -0.1) is 0 Å². The first-order chi connectivity index (χ1) is 9.25. The Balaban J connectivity index is 1.45. The molecule has 2 nitrogen and oxygen atoms in total. The normalized spacial score (nSPS) is 25.3. The molecule has 3 rings (SSSR count). The molecule has 1 unspecified atom stereocenters. The summed E-state index contributed by atoms with van der Waals surface area (Å²) in [5.74, 6) is 2.43. The summed E-state index contributed by atoms with van der Waals surface area (Å²) in [4.78, 5) is 0. The molecule has 1 N–H and O–H groups in total. The first kappa shape index (κ1) is 13.3. The van der Waals surface area contributed by atoms with Crippen LogP contribution in [0.15, 0.2) is 18.2 Å². The molecule has 104 valence electrons. The number of thioether (sulfide) groups is 1. The second kappa shape index (κ2) is 5.76. The summed E-state index contributed by atoms with van der Waals surface area (Å²) >= 11 is 2.13. The van der Waals surface area contributed by atoms with Crippen LogP contribution in [0.25, 0.3) is 0 Å². The maximum atomic E-state index is 5.54. The van der Waals surface area contributed by atoms with Crippen LogP contribution in [-0.2, 0) is 12.8 Å². The van der Waals surface area contributed by atoms with Gasteiger partial charge in [0, 0.05) is 17.7 Å². The minimum absolute atomic E-state index is 0.478. The van der Waals surface area contributed by atoms with Crippen LogP contribution < -0.4 is 10.1 Å². The highest BCUT2D eigenvalue weighted by Gasteiger charge is 2.28. The van der Waals surface area contributed by atoms with E-state index < -0.39 is 0 Å². The Morgan fingerprint density at radius 3 is 3.21 bits per heavy atom. The van der Waals surface area contributed by atoms with E-state index in [1.807, 2.05) is 0 Å². The molecule has 1 aromatic carbocycles. The first-order valence-electron chi connectivity index (χ1n) is 7.34. The van der Waals surface area contributed by atoms with E-state index in [1.165, 1.54) is 29.7 Å². The average Bonchev–Trinajstić information content (AvgIpc) is 3.03. The van der Waals surface area contributed by atoms with E-state index in [2.05, 4.69) is 42.2 Å². The molecule has 19 heavy (non-hydrogen) atoms. The van der Waals surface area contributed by atoms with Gasteiger partial charge in [0.15, 0.2) is 0 Å². The van der Waals surface area contributed by atoms with Gasteiger partial charge in [0.2, 0.25) is 0 Å². The Morgan fingerprint density at radius 1 is 1.42 bits per heavy atom. The number of benzene rings is 1. The zero-order valence-electron chi connectivity index (χ0n) is 11.7. The van der Waals surface area contributed by atoms with Crippen molar-refractivity contribution in [1.82, 2.24) is 5.32 Å². The zero-order valence-corrected chi connectivity index (χ0v) is 12.5. The van der Waals surface area contributed by atoms with E-state index in [0.29, 0.717) is 4.75 Å². The van der Waals surface area contributed by atoms with E-state index in [0.717, 1.165) is 38.3 Å². The van der Waals surface area contributed by atoms with Gasteiger partial charge in [-0.05, 0) is 55.7 Å². The second-order valence-corrected chi connectivity index (χ2v) is 7.55. The van der Waals surface area contributed by atoms with Crippen molar-refractivity contribution in [2.24, 2.45) is 0 Å². The van der Waals surface area contributed by atoms with E-state index in [9.17, 15) is 0 Å². The van der Waals surface area contributed by atoms with Gasteiger partial charge in [0.25, 0.3) is 0 Å². The Labute approximate surface area is 120 Å². The summed E-state index contributed by atoms with van der Waals surface area (Å²) in [6.07, 6.45) is 4.94. The van der Waals surface area contributed by atoms with Crippen LogP contribution >= 0.6 is 11.8 Å². The molecule has 2 aliphatic heterocycles. The summed E-state index contributed by atoms with van der Waals surface area (Å²) in [5, 5.41) is 3.63. The summed E-state index contributed by atoms with van der Waals surface area (Å²) < 4.78 is 6.02.